The molecule has 1 aromatic heterocycles. The van der Waals surface area contributed by atoms with Crippen molar-refractivity contribution in [3.63, 3.8) is 0 Å². The molecule has 1 aliphatic rings. The molecule has 0 amide bonds. The van der Waals surface area contributed by atoms with Gasteiger partial charge in [-0.05, 0) is 18.2 Å². The predicted molar refractivity (Wildman–Crippen MR) is 67.7 cm³/mol. The molecule has 1 aromatic carbocycles. The van der Waals surface area contributed by atoms with Gasteiger partial charge in [-0.3, -0.25) is 0 Å². The Morgan fingerprint density at radius 2 is 2.11 bits per heavy atom. The van der Waals surface area contributed by atoms with E-state index in [-0.39, 0.29) is 17.7 Å². The van der Waals surface area contributed by atoms with Crippen LogP contribution in [0, 0.1) is 5.41 Å². The average Bonchev–Trinajstić information content (AvgIpc) is 2.67. The third-order valence-electron chi connectivity index (χ3n) is 3.34. The molecule has 0 radical (unpaired) electrons. The first-order valence-corrected chi connectivity index (χ1v) is 5.85. The highest BCUT2D eigenvalue weighted by Gasteiger charge is 2.37. The Kier molecular flexibility index (Phi) is 2.61. The van der Waals surface area contributed by atoms with E-state index >= 15 is 0 Å². The van der Waals surface area contributed by atoms with E-state index < -0.39 is 0 Å². The summed E-state index contributed by atoms with van der Waals surface area (Å²) in [5.74, 6) is 0. The highest BCUT2D eigenvalue weighted by Crippen LogP contribution is 2.27. The Balaban J connectivity index is 1.76. The summed E-state index contributed by atoms with van der Waals surface area (Å²) in [7, 11) is 0. The molecule has 0 spiro atoms. The standard InChI is InChI=1S/C12H15N3O3/c16-5-12(6-18-7-12)4-13-8-1-2-9-10(3-8)15-11(17)14-9/h1-3,13,16H,4-7H2,(H2,14,15,17). The molecule has 1 saturated heterocycles. The molecule has 0 saturated carbocycles. The van der Waals surface area contributed by atoms with Crippen LogP contribution in [0.2, 0.25) is 0 Å². The second kappa shape index (κ2) is 4.15. The zero-order valence-corrected chi connectivity index (χ0v) is 9.82. The lowest BCUT2D eigenvalue weighted by molar-refractivity contribution is -0.128. The maximum absolute atomic E-state index is 11.1. The van der Waals surface area contributed by atoms with Crippen molar-refractivity contribution >= 4 is 16.7 Å². The van der Waals surface area contributed by atoms with Gasteiger partial charge in [-0.25, -0.2) is 4.79 Å². The van der Waals surface area contributed by atoms with Gasteiger partial charge in [0.15, 0.2) is 0 Å². The number of aromatic nitrogens is 2. The fourth-order valence-electron chi connectivity index (χ4n) is 2.07. The predicted octanol–water partition coefficient (Wildman–Crippen LogP) is 0.277. The Bertz CT molecular complexity index is 607. The van der Waals surface area contributed by atoms with Gasteiger partial charge in [0.25, 0.3) is 0 Å². The minimum absolute atomic E-state index is 0.114. The number of ether oxygens (including phenoxy) is 1. The highest BCUT2D eigenvalue weighted by molar-refractivity contribution is 5.78. The van der Waals surface area contributed by atoms with Crippen molar-refractivity contribution in [2.75, 3.05) is 31.7 Å². The number of fused-ring (bicyclic) bond motifs is 1. The monoisotopic (exact) mass is 249 g/mol. The summed E-state index contributed by atoms with van der Waals surface area (Å²) < 4.78 is 5.14. The van der Waals surface area contributed by atoms with Gasteiger partial charge in [0, 0.05) is 12.2 Å². The summed E-state index contributed by atoms with van der Waals surface area (Å²) in [4.78, 5) is 16.5. The molecular weight excluding hydrogens is 234 g/mol. The molecule has 0 unspecified atom stereocenters. The van der Waals surface area contributed by atoms with Crippen LogP contribution in [0.5, 0.6) is 0 Å². The number of H-pyrrole nitrogens is 2. The average molecular weight is 249 g/mol. The molecule has 6 heteroatoms. The van der Waals surface area contributed by atoms with E-state index in [1.807, 2.05) is 18.2 Å². The Morgan fingerprint density at radius 3 is 2.78 bits per heavy atom. The number of aliphatic hydroxyl groups excluding tert-OH is 1. The van der Waals surface area contributed by atoms with E-state index in [9.17, 15) is 9.90 Å². The number of aliphatic hydroxyl groups is 1. The van der Waals surface area contributed by atoms with Crippen molar-refractivity contribution in [2.24, 2.45) is 5.41 Å². The molecule has 1 aliphatic heterocycles. The molecule has 6 nitrogen and oxygen atoms in total. The van der Waals surface area contributed by atoms with Crippen molar-refractivity contribution in [3.8, 4) is 0 Å². The fraction of sp³-hybridized carbons (Fsp3) is 0.417. The van der Waals surface area contributed by atoms with Gasteiger partial charge in [-0.15, -0.1) is 0 Å². The Morgan fingerprint density at radius 1 is 1.33 bits per heavy atom. The van der Waals surface area contributed by atoms with Gasteiger partial charge in [0.1, 0.15) is 0 Å². The number of benzene rings is 1. The molecule has 0 bridgehead atoms. The van der Waals surface area contributed by atoms with Crippen molar-refractivity contribution in [1.29, 1.82) is 0 Å². The van der Waals surface area contributed by atoms with Gasteiger partial charge >= 0.3 is 5.69 Å². The fourth-order valence-corrected chi connectivity index (χ4v) is 2.07. The first-order chi connectivity index (χ1) is 8.71. The number of anilines is 1. The zero-order chi connectivity index (χ0) is 12.6. The molecule has 96 valence electrons. The van der Waals surface area contributed by atoms with Crippen LogP contribution >= 0.6 is 0 Å². The van der Waals surface area contributed by atoms with E-state index in [0.717, 1.165) is 16.7 Å². The van der Waals surface area contributed by atoms with Gasteiger partial charge in [0.05, 0.1) is 36.3 Å². The number of nitrogens with one attached hydrogen (secondary N) is 3. The molecule has 2 heterocycles. The number of hydrogen-bond donors (Lipinski definition) is 4. The number of hydrogen-bond acceptors (Lipinski definition) is 4. The van der Waals surface area contributed by atoms with Gasteiger partial charge in [0.2, 0.25) is 0 Å². The molecular formula is C12H15N3O3. The van der Waals surface area contributed by atoms with Crippen molar-refractivity contribution in [1.82, 2.24) is 9.97 Å². The molecule has 3 rings (SSSR count). The Labute approximate surface area is 103 Å². The SMILES string of the molecule is O=c1[nH]c2ccc(NCC3(CO)COC3)cc2[nH]1. The third kappa shape index (κ3) is 1.89. The van der Waals surface area contributed by atoms with E-state index in [4.69, 9.17) is 4.74 Å². The first kappa shape index (κ1) is 11.3. The summed E-state index contributed by atoms with van der Waals surface area (Å²) >= 11 is 0. The number of aromatic amines is 2. The van der Waals surface area contributed by atoms with Crippen LogP contribution in [0.4, 0.5) is 5.69 Å². The smallest absolute Gasteiger partial charge is 0.323 e. The van der Waals surface area contributed by atoms with Crippen LogP contribution in [0.1, 0.15) is 0 Å². The van der Waals surface area contributed by atoms with E-state index in [1.54, 1.807) is 0 Å². The van der Waals surface area contributed by atoms with E-state index in [1.165, 1.54) is 0 Å². The van der Waals surface area contributed by atoms with E-state index in [0.29, 0.717) is 19.8 Å². The van der Waals surface area contributed by atoms with E-state index in [2.05, 4.69) is 15.3 Å². The summed E-state index contributed by atoms with van der Waals surface area (Å²) in [5, 5.41) is 12.6. The molecule has 18 heavy (non-hydrogen) atoms. The first-order valence-electron chi connectivity index (χ1n) is 5.85. The van der Waals surface area contributed by atoms with Gasteiger partial charge in [-0.1, -0.05) is 0 Å². The van der Waals surface area contributed by atoms with Crippen LogP contribution in [0.25, 0.3) is 11.0 Å². The molecule has 2 aromatic rings. The second-order valence-electron chi connectivity index (χ2n) is 4.84. The van der Waals surface area contributed by atoms with Crippen LogP contribution in [0.15, 0.2) is 23.0 Å². The van der Waals surface area contributed by atoms with Crippen molar-refractivity contribution in [3.05, 3.63) is 28.7 Å². The summed E-state index contributed by atoms with van der Waals surface area (Å²) in [5.41, 5.74) is 2.10. The largest absolute Gasteiger partial charge is 0.396 e. The van der Waals surface area contributed by atoms with Gasteiger partial charge in [-0.2, -0.15) is 0 Å². The lowest BCUT2D eigenvalue weighted by Crippen LogP contribution is -2.50. The summed E-state index contributed by atoms with van der Waals surface area (Å²) in [6.07, 6.45) is 0. The molecule has 4 N–H and O–H groups in total. The van der Waals surface area contributed by atoms with Crippen molar-refractivity contribution in [2.45, 2.75) is 0 Å². The maximum Gasteiger partial charge on any atom is 0.323 e. The second-order valence-corrected chi connectivity index (χ2v) is 4.84. The lowest BCUT2D eigenvalue weighted by Gasteiger charge is -2.40. The lowest BCUT2D eigenvalue weighted by atomic mass is 9.87. The topological polar surface area (TPSA) is 90.1 Å². The van der Waals surface area contributed by atoms with Crippen LogP contribution in [-0.2, 0) is 4.74 Å². The van der Waals surface area contributed by atoms with Gasteiger partial charge < -0.3 is 25.1 Å². The summed E-state index contributed by atoms with van der Waals surface area (Å²) in [6.45, 7) is 1.94. The maximum atomic E-state index is 11.1. The van der Waals surface area contributed by atoms with Crippen molar-refractivity contribution < 1.29 is 9.84 Å². The van der Waals surface area contributed by atoms with Crippen LogP contribution in [0.3, 0.4) is 0 Å². The highest BCUT2D eigenvalue weighted by atomic mass is 16.5. The molecule has 1 fully saturated rings. The summed E-state index contributed by atoms with van der Waals surface area (Å²) in [6, 6.07) is 5.62. The molecule has 0 aliphatic carbocycles. The molecule has 0 atom stereocenters. The number of imidazole rings is 1. The van der Waals surface area contributed by atoms with Crippen LogP contribution in [-0.4, -0.2) is 41.4 Å². The Hall–Kier alpha value is -1.79. The van der Waals surface area contributed by atoms with Crippen LogP contribution < -0.4 is 11.0 Å². The minimum atomic E-state index is -0.207. The zero-order valence-electron chi connectivity index (χ0n) is 9.82. The quantitative estimate of drug-likeness (QED) is 0.626. The number of rotatable bonds is 4. The minimum Gasteiger partial charge on any atom is -0.396 e. The normalized spacial score (nSPS) is 17.6. The third-order valence-corrected chi connectivity index (χ3v) is 3.34.